The van der Waals surface area contributed by atoms with E-state index in [1.165, 1.54) is 4.57 Å². The average Bonchev–Trinajstić information content (AvgIpc) is 2.93. The highest BCUT2D eigenvalue weighted by atomic mass is 35.5. The topological polar surface area (TPSA) is 81.3 Å². The van der Waals surface area contributed by atoms with Gasteiger partial charge in [-0.25, -0.2) is 4.57 Å². The zero-order valence-corrected chi connectivity index (χ0v) is 14.7. The van der Waals surface area contributed by atoms with Gasteiger partial charge < -0.3 is 15.0 Å². The van der Waals surface area contributed by atoms with Crippen molar-refractivity contribution >= 4 is 29.0 Å². The summed E-state index contributed by atoms with van der Waals surface area (Å²) >= 11 is 5.84. The first-order valence-corrected chi connectivity index (χ1v) is 8.60. The lowest BCUT2D eigenvalue weighted by molar-refractivity contribution is -0.391. The molecule has 25 heavy (non-hydrogen) atoms. The molecule has 0 N–H and O–H groups in total. The standard InChI is InChI=1S/C17H19ClN4O3/c1-12-19-16(20-9-3-2-4-10-20)17(22(24)25)21(12)11-15(23)13-5-7-14(18)8-6-13/h5-8H,2-4,9-11H2,1H3. The summed E-state index contributed by atoms with van der Waals surface area (Å²) in [6.07, 6.45) is 3.11. The number of anilines is 1. The van der Waals surface area contributed by atoms with Gasteiger partial charge in [-0.1, -0.05) is 11.6 Å². The van der Waals surface area contributed by atoms with Gasteiger partial charge in [0.25, 0.3) is 0 Å². The maximum atomic E-state index is 12.5. The summed E-state index contributed by atoms with van der Waals surface area (Å²) in [5.74, 6) is 0.507. The number of carbonyl (C=O) groups is 1. The van der Waals surface area contributed by atoms with Crippen molar-refractivity contribution in [3.63, 3.8) is 0 Å². The predicted octanol–water partition coefficient (Wildman–Crippen LogP) is 3.63. The van der Waals surface area contributed by atoms with Crippen LogP contribution in [0, 0.1) is 17.0 Å². The number of halogens is 1. The van der Waals surface area contributed by atoms with E-state index < -0.39 is 4.92 Å². The summed E-state index contributed by atoms with van der Waals surface area (Å²) < 4.78 is 1.39. The van der Waals surface area contributed by atoms with Gasteiger partial charge in [0.2, 0.25) is 11.6 Å². The van der Waals surface area contributed by atoms with Crippen LogP contribution in [0.5, 0.6) is 0 Å². The number of benzene rings is 1. The number of nitrogens with zero attached hydrogens (tertiary/aromatic N) is 4. The molecule has 132 valence electrons. The molecule has 0 amide bonds. The molecule has 1 aromatic heterocycles. The molecule has 1 aliphatic rings. The van der Waals surface area contributed by atoms with Crippen molar-refractivity contribution in [1.29, 1.82) is 0 Å². The van der Waals surface area contributed by atoms with Crippen molar-refractivity contribution < 1.29 is 9.72 Å². The third-order valence-electron chi connectivity index (χ3n) is 4.41. The van der Waals surface area contributed by atoms with Crippen LogP contribution in [0.25, 0.3) is 0 Å². The summed E-state index contributed by atoms with van der Waals surface area (Å²) in [5.41, 5.74) is 0.464. The van der Waals surface area contributed by atoms with Gasteiger partial charge in [0.1, 0.15) is 0 Å². The predicted molar refractivity (Wildman–Crippen MR) is 95.5 cm³/mol. The summed E-state index contributed by atoms with van der Waals surface area (Å²) in [7, 11) is 0. The largest absolute Gasteiger partial charge is 0.367 e. The number of aromatic nitrogens is 2. The number of Topliss-reactive ketones (excluding diaryl/α,β-unsaturated/α-hetero) is 1. The lowest BCUT2D eigenvalue weighted by Gasteiger charge is -2.25. The van der Waals surface area contributed by atoms with Crippen LogP contribution in [0.15, 0.2) is 24.3 Å². The van der Waals surface area contributed by atoms with E-state index in [0.29, 0.717) is 22.2 Å². The maximum absolute atomic E-state index is 12.5. The van der Waals surface area contributed by atoms with Crippen molar-refractivity contribution in [1.82, 2.24) is 9.55 Å². The van der Waals surface area contributed by atoms with Crippen LogP contribution in [0.4, 0.5) is 11.6 Å². The molecular weight excluding hydrogens is 344 g/mol. The van der Waals surface area contributed by atoms with Crippen LogP contribution in [0.2, 0.25) is 5.02 Å². The molecule has 1 aromatic carbocycles. The van der Waals surface area contributed by atoms with Crippen LogP contribution in [0.1, 0.15) is 35.4 Å². The summed E-state index contributed by atoms with van der Waals surface area (Å²) in [4.78, 5) is 30.0. The molecule has 1 saturated heterocycles. The van der Waals surface area contributed by atoms with E-state index in [1.54, 1.807) is 31.2 Å². The Morgan fingerprint density at radius 1 is 1.24 bits per heavy atom. The maximum Gasteiger partial charge on any atom is 0.367 e. The van der Waals surface area contributed by atoms with Gasteiger partial charge in [0, 0.05) is 30.6 Å². The quantitative estimate of drug-likeness (QED) is 0.461. The Morgan fingerprint density at radius 3 is 2.48 bits per heavy atom. The van der Waals surface area contributed by atoms with E-state index in [0.717, 1.165) is 32.4 Å². The van der Waals surface area contributed by atoms with Gasteiger partial charge in [-0.15, -0.1) is 0 Å². The first-order valence-electron chi connectivity index (χ1n) is 8.22. The van der Waals surface area contributed by atoms with Crippen LogP contribution < -0.4 is 4.90 Å². The molecule has 1 aliphatic heterocycles. The van der Waals surface area contributed by atoms with Crippen molar-refractivity contribution in [2.24, 2.45) is 0 Å². The third-order valence-corrected chi connectivity index (χ3v) is 4.66. The number of rotatable bonds is 5. The van der Waals surface area contributed by atoms with Gasteiger partial charge in [0.05, 0.1) is 0 Å². The highest BCUT2D eigenvalue weighted by Gasteiger charge is 2.31. The molecule has 0 bridgehead atoms. The molecule has 2 aromatic rings. The second kappa shape index (κ2) is 7.23. The zero-order chi connectivity index (χ0) is 18.0. The van der Waals surface area contributed by atoms with E-state index >= 15 is 0 Å². The fourth-order valence-electron chi connectivity index (χ4n) is 3.10. The Morgan fingerprint density at radius 2 is 1.88 bits per heavy atom. The summed E-state index contributed by atoms with van der Waals surface area (Å²) in [5, 5.41) is 12.2. The molecule has 8 heteroatoms. The van der Waals surface area contributed by atoms with Crippen molar-refractivity contribution in [2.75, 3.05) is 18.0 Å². The van der Waals surface area contributed by atoms with E-state index in [-0.39, 0.29) is 18.1 Å². The van der Waals surface area contributed by atoms with Crippen LogP contribution in [-0.2, 0) is 6.54 Å². The normalized spacial score (nSPS) is 14.6. The van der Waals surface area contributed by atoms with Gasteiger partial charge in [-0.05, 0) is 48.5 Å². The van der Waals surface area contributed by atoms with E-state index in [4.69, 9.17) is 11.6 Å². The number of aryl methyl sites for hydroxylation is 1. The van der Waals surface area contributed by atoms with Gasteiger partial charge in [-0.2, -0.15) is 4.98 Å². The molecule has 2 heterocycles. The highest BCUT2D eigenvalue weighted by molar-refractivity contribution is 6.30. The smallest absolute Gasteiger partial charge is 0.358 e. The number of carbonyl (C=O) groups excluding carboxylic acids is 1. The Balaban J connectivity index is 1.92. The summed E-state index contributed by atoms with van der Waals surface area (Å²) in [6.45, 7) is 3.07. The number of nitro groups is 1. The molecule has 0 spiro atoms. The second-order valence-corrected chi connectivity index (χ2v) is 6.56. The molecule has 1 fully saturated rings. The van der Waals surface area contributed by atoms with Gasteiger partial charge in [-0.3, -0.25) is 4.79 Å². The fourth-order valence-corrected chi connectivity index (χ4v) is 3.22. The SMILES string of the molecule is Cc1nc(N2CCCCC2)c([N+](=O)[O-])n1CC(=O)c1ccc(Cl)cc1. The van der Waals surface area contributed by atoms with Gasteiger partial charge in [0.15, 0.2) is 12.4 Å². The van der Waals surface area contributed by atoms with E-state index in [2.05, 4.69) is 4.98 Å². The van der Waals surface area contributed by atoms with Crippen LogP contribution in [0.3, 0.4) is 0 Å². The lowest BCUT2D eigenvalue weighted by atomic mass is 10.1. The van der Waals surface area contributed by atoms with Gasteiger partial charge >= 0.3 is 5.82 Å². The summed E-state index contributed by atoms with van der Waals surface area (Å²) in [6, 6.07) is 6.49. The minimum atomic E-state index is -0.445. The number of hydrogen-bond acceptors (Lipinski definition) is 5. The zero-order valence-electron chi connectivity index (χ0n) is 13.9. The molecule has 7 nitrogen and oxygen atoms in total. The highest BCUT2D eigenvalue weighted by Crippen LogP contribution is 2.31. The fraction of sp³-hybridized carbons (Fsp3) is 0.412. The Kier molecular flexibility index (Phi) is 5.03. The van der Waals surface area contributed by atoms with Crippen molar-refractivity contribution in [3.05, 3.63) is 50.8 Å². The molecule has 3 rings (SSSR count). The van der Waals surface area contributed by atoms with Crippen LogP contribution >= 0.6 is 11.6 Å². The van der Waals surface area contributed by atoms with Crippen molar-refractivity contribution in [2.45, 2.75) is 32.7 Å². The Labute approximate surface area is 150 Å². The van der Waals surface area contributed by atoms with E-state index in [9.17, 15) is 14.9 Å². The first kappa shape index (κ1) is 17.4. The monoisotopic (exact) mass is 362 g/mol. The molecule has 0 aliphatic carbocycles. The number of ketones is 1. The first-order chi connectivity index (χ1) is 12.0. The molecule has 0 atom stereocenters. The molecule has 0 unspecified atom stereocenters. The third kappa shape index (κ3) is 3.66. The molecular formula is C17H19ClN4O3. The number of piperidine rings is 1. The Bertz CT molecular complexity index is 795. The minimum Gasteiger partial charge on any atom is -0.358 e. The molecule has 0 saturated carbocycles. The second-order valence-electron chi connectivity index (χ2n) is 6.13. The Hall–Kier alpha value is -2.41. The van der Waals surface area contributed by atoms with Crippen LogP contribution in [-0.4, -0.2) is 33.3 Å². The lowest BCUT2D eigenvalue weighted by Crippen LogP contribution is -2.30. The molecule has 0 radical (unpaired) electrons. The van der Waals surface area contributed by atoms with E-state index in [1.807, 2.05) is 4.90 Å². The number of imidazole rings is 1. The minimum absolute atomic E-state index is 0.110. The average molecular weight is 363 g/mol. The van der Waals surface area contributed by atoms with Crippen molar-refractivity contribution in [3.8, 4) is 0 Å². The number of hydrogen-bond donors (Lipinski definition) is 0.